The molecule has 0 rings (SSSR count). The molecule has 0 aliphatic rings. The molecular weight excluding hydrogens is 88.5 g/mol. The van der Waals surface area contributed by atoms with E-state index < -0.39 is 8.78 Å². The van der Waals surface area contributed by atoms with Crippen LogP contribution in [0.3, 0.4) is 0 Å². The summed E-state index contributed by atoms with van der Waals surface area (Å²) in [5, 5.41) is 0. The lowest BCUT2D eigenvalue weighted by Gasteiger charge is -1.98. The highest BCUT2D eigenvalue weighted by atomic mass is 28.3. The fraction of sp³-hybridized carbons (Fsp3) is 1.00. The van der Waals surface area contributed by atoms with Gasteiger partial charge < -0.3 is 4.43 Å². The van der Waals surface area contributed by atoms with Crippen LogP contribution >= 0.6 is 0 Å². The Labute approximate surface area is 43.1 Å². The van der Waals surface area contributed by atoms with E-state index in [-0.39, 0.29) is 0 Å². The third-order valence-electron chi connectivity index (χ3n) is 0.400. The molecule has 26 valence electrons. The van der Waals surface area contributed by atoms with Crippen LogP contribution in [0.5, 0.6) is 0 Å². The number of hydrogen-bond acceptors (Lipinski definition) is 1. The first-order valence-corrected chi connectivity index (χ1v) is 3.09. The Morgan fingerprint density at radius 1 is 1.83 bits per heavy atom. The lowest BCUT2D eigenvalue weighted by Crippen LogP contribution is -2.25. The Kier molecular flexibility index (Phi) is 3.78. The summed E-state index contributed by atoms with van der Waals surface area (Å²) < 4.78 is 4.60. The van der Waals surface area contributed by atoms with Crippen LogP contribution in [0.4, 0.5) is 0 Å². The van der Waals surface area contributed by atoms with Crippen molar-refractivity contribution in [3.05, 3.63) is 0 Å². The maximum atomic E-state index is 5.17. The SMILES string of the molecule is [B][B][Si]([B])OC. The van der Waals surface area contributed by atoms with Crippen LogP contribution in [-0.4, -0.2) is 37.8 Å². The molecule has 0 N–H and O–H groups in total. The van der Waals surface area contributed by atoms with Crippen molar-refractivity contribution in [3.8, 4) is 0 Å². The molecule has 6 radical (unpaired) electrons. The maximum Gasteiger partial charge on any atom is 0.0997 e. The van der Waals surface area contributed by atoms with Crippen LogP contribution in [0.1, 0.15) is 0 Å². The van der Waals surface area contributed by atoms with E-state index in [0.717, 1.165) is 0 Å². The van der Waals surface area contributed by atoms with Crippen molar-refractivity contribution >= 4 is 30.7 Å². The van der Waals surface area contributed by atoms with Crippen molar-refractivity contribution in [1.29, 1.82) is 0 Å². The lowest BCUT2D eigenvalue weighted by molar-refractivity contribution is 0.448. The van der Waals surface area contributed by atoms with E-state index >= 15 is 0 Å². The summed E-state index contributed by atoms with van der Waals surface area (Å²) in [6.07, 6.45) is 0. The minimum Gasteiger partial charge on any atom is -0.440 e. The van der Waals surface area contributed by atoms with Gasteiger partial charge in [-0.05, 0) is 0 Å². The second-order valence-corrected chi connectivity index (χ2v) is 2.32. The summed E-state index contributed by atoms with van der Waals surface area (Å²) in [6.45, 7) is 1.38. The molecule has 0 amide bonds. The van der Waals surface area contributed by atoms with E-state index in [4.69, 9.17) is 15.2 Å². The Morgan fingerprint density at radius 3 is 2.33 bits per heavy atom. The molecule has 0 aromatic carbocycles. The topological polar surface area (TPSA) is 9.23 Å². The molecule has 0 fully saturated rings. The zero-order valence-corrected chi connectivity index (χ0v) is 4.64. The quantitative estimate of drug-likeness (QED) is 0.379. The molecular formula is CH3B3OSi. The van der Waals surface area contributed by atoms with Gasteiger partial charge >= 0.3 is 0 Å². The fourth-order valence-electron chi connectivity index (χ4n) is 0.0680. The molecule has 0 bridgehead atoms. The van der Waals surface area contributed by atoms with Crippen LogP contribution in [-0.2, 0) is 4.43 Å². The van der Waals surface area contributed by atoms with Crippen molar-refractivity contribution in [2.24, 2.45) is 0 Å². The lowest BCUT2D eigenvalue weighted by atomic mass is 9.78. The average Bonchev–Trinajstić information content (AvgIpc) is 1.65. The summed E-state index contributed by atoms with van der Waals surface area (Å²) in [5.74, 6) is 0. The third-order valence-corrected chi connectivity index (χ3v) is 1.20. The van der Waals surface area contributed by atoms with Crippen LogP contribution in [0.25, 0.3) is 0 Å². The number of rotatable bonds is 2. The molecule has 0 saturated heterocycles. The molecule has 5 heteroatoms. The van der Waals surface area contributed by atoms with Gasteiger partial charge in [0.25, 0.3) is 0 Å². The second-order valence-electron chi connectivity index (χ2n) is 0.773. The molecule has 0 aliphatic carbocycles. The van der Waals surface area contributed by atoms with Crippen molar-refractivity contribution in [1.82, 2.24) is 0 Å². The molecule has 0 unspecified atom stereocenters. The zero-order chi connectivity index (χ0) is 4.99. The highest BCUT2D eigenvalue weighted by Gasteiger charge is 1.93. The van der Waals surface area contributed by atoms with Crippen LogP contribution < -0.4 is 0 Å². The molecule has 0 heterocycles. The van der Waals surface area contributed by atoms with E-state index in [1.54, 1.807) is 0 Å². The van der Waals surface area contributed by atoms with Crippen LogP contribution in [0.2, 0.25) is 0 Å². The molecule has 1 nitrogen and oxygen atoms in total. The standard InChI is InChI=1S/CH3B3OSi/c1-5-6(3)4-2/h1H3. The first-order valence-electron chi connectivity index (χ1n) is 1.52. The largest absolute Gasteiger partial charge is 0.440 e. The highest BCUT2D eigenvalue weighted by Crippen LogP contribution is 1.64. The first kappa shape index (κ1) is 6.37. The Morgan fingerprint density at radius 2 is 2.33 bits per heavy atom. The van der Waals surface area contributed by atoms with Gasteiger partial charge in [-0.2, -0.15) is 0 Å². The molecule has 0 aromatic heterocycles. The minimum absolute atomic E-state index is 1.22. The predicted molar refractivity (Wildman–Crippen MR) is 30.0 cm³/mol. The monoisotopic (exact) mass is 92.0 g/mol. The van der Waals surface area contributed by atoms with Crippen molar-refractivity contribution < 1.29 is 4.43 Å². The molecule has 0 atom stereocenters. The van der Waals surface area contributed by atoms with Gasteiger partial charge in [-0.3, -0.25) is 0 Å². The van der Waals surface area contributed by atoms with Gasteiger partial charge in [-0.25, -0.2) is 0 Å². The summed E-state index contributed by atoms with van der Waals surface area (Å²) in [5.41, 5.74) is 0. The summed E-state index contributed by atoms with van der Waals surface area (Å²) in [7, 11) is 10.4. The van der Waals surface area contributed by atoms with E-state index in [2.05, 4.69) is 4.43 Å². The Bertz CT molecular complexity index is 30.0. The second kappa shape index (κ2) is 3.56. The van der Waals surface area contributed by atoms with Gasteiger partial charge in [-0.15, -0.1) is 0 Å². The van der Waals surface area contributed by atoms with Crippen molar-refractivity contribution in [2.75, 3.05) is 7.11 Å². The zero-order valence-electron chi connectivity index (χ0n) is 3.64. The fourth-order valence-corrected chi connectivity index (χ4v) is 0.204. The van der Waals surface area contributed by atoms with Gasteiger partial charge in [-0.1, -0.05) is 0 Å². The minimum atomic E-state index is -1.22. The predicted octanol–water partition coefficient (Wildman–Crippen LogP) is -1.43. The number of hydrogen-bond donors (Lipinski definition) is 0. The average molecular weight is 91.6 g/mol. The van der Waals surface area contributed by atoms with Gasteiger partial charge in [0.2, 0.25) is 0 Å². The smallest absolute Gasteiger partial charge is 0.0997 e. The first-order chi connectivity index (χ1) is 2.81. The van der Waals surface area contributed by atoms with Crippen molar-refractivity contribution in [2.45, 2.75) is 0 Å². The molecule has 6 heavy (non-hydrogen) atoms. The van der Waals surface area contributed by atoms with Crippen molar-refractivity contribution in [3.63, 3.8) is 0 Å². The Balaban J connectivity index is 2.75. The Hall–Kier alpha value is 0.372. The van der Waals surface area contributed by atoms with Crippen LogP contribution in [0.15, 0.2) is 0 Å². The van der Waals surface area contributed by atoms with E-state index in [1.165, 1.54) is 13.9 Å². The van der Waals surface area contributed by atoms with E-state index in [0.29, 0.717) is 0 Å². The van der Waals surface area contributed by atoms with Gasteiger partial charge in [0.05, 0.1) is 23.0 Å². The van der Waals surface area contributed by atoms with E-state index in [1.807, 2.05) is 0 Å². The summed E-state index contributed by atoms with van der Waals surface area (Å²) >= 11 is 0. The highest BCUT2D eigenvalue weighted by molar-refractivity contribution is 7.44. The van der Waals surface area contributed by atoms with E-state index in [9.17, 15) is 0 Å². The van der Waals surface area contributed by atoms with Gasteiger partial charge in [0.15, 0.2) is 0 Å². The molecule has 0 aliphatic heterocycles. The summed E-state index contributed by atoms with van der Waals surface area (Å²) in [6, 6.07) is 0. The molecule has 0 saturated carbocycles. The maximum absolute atomic E-state index is 5.17. The third kappa shape index (κ3) is 2.60. The summed E-state index contributed by atoms with van der Waals surface area (Å²) in [4.78, 5) is 0. The van der Waals surface area contributed by atoms with Crippen LogP contribution in [0, 0.1) is 0 Å². The van der Waals surface area contributed by atoms with Gasteiger partial charge in [0, 0.05) is 14.8 Å². The molecule has 0 spiro atoms. The van der Waals surface area contributed by atoms with Gasteiger partial charge in [0.1, 0.15) is 0 Å². The molecule has 0 aromatic rings. The normalized spacial score (nSPS) is 9.00.